The maximum atomic E-state index is 12.1. The standard InChI is InChI=1S/C26H33N7O4S/c1-5-19(32-37-4)18-12-16(13-20-21(18)38-25(30-20)31-24(36)27-7-3)17-14-28-23(29-15-17)33-10-8-26(6-2,9-11-33)22(34)35/h5,12-15,32H,6-11H2,1-4H3,(H,34,35)(H2,27,30,31,36). The molecule has 0 spiro atoms. The molecule has 1 aliphatic heterocycles. The Morgan fingerprint density at radius 3 is 2.47 bits per heavy atom. The van der Waals surface area contributed by atoms with E-state index in [1.807, 2.05) is 43.9 Å². The van der Waals surface area contributed by atoms with Crippen LogP contribution in [-0.4, -0.2) is 58.8 Å². The molecule has 12 heteroatoms. The van der Waals surface area contributed by atoms with Crippen LogP contribution in [0, 0.1) is 5.41 Å². The minimum Gasteiger partial charge on any atom is -0.481 e. The number of allylic oxidation sites excluding steroid dienone is 1. The zero-order valence-electron chi connectivity index (χ0n) is 22.0. The summed E-state index contributed by atoms with van der Waals surface area (Å²) in [4.78, 5) is 44.9. The lowest BCUT2D eigenvalue weighted by Crippen LogP contribution is -2.44. The number of fused-ring (bicyclic) bond motifs is 1. The van der Waals surface area contributed by atoms with Crippen LogP contribution in [0.2, 0.25) is 0 Å². The normalized spacial score (nSPS) is 15.4. The first-order valence-electron chi connectivity index (χ1n) is 12.6. The van der Waals surface area contributed by atoms with Gasteiger partial charge in [0.15, 0.2) is 5.13 Å². The molecule has 3 heterocycles. The largest absolute Gasteiger partial charge is 0.481 e. The highest BCUT2D eigenvalue weighted by Crippen LogP contribution is 2.38. The van der Waals surface area contributed by atoms with Crippen molar-refractivity contribution in [3.63, 3.8) is 0 Å². The third kappa shape index (κ3) is 5.55. The van der Waals surface area contributed by atoms with Crippen molar-refractivity contribution in [2.45, 2.75) is 40.0 Å². The van der Waals surface area contributed by atoms with E-state index in [0.717, 1.165) is 32.6 Å². The molecule has 1 aliphatic rings. The number of hydroxylamine groups is 1. The number of amides is 2. The second kappa shape index (κ2) is 11.7. The van der Waals surface area contributed by atoms with Crippen LogP contribution in [0.4, 0.5) is 15.9 Å². The van der Waals surface area contributed by atoms with Gasteiger partial charge in [-0.2, -0.15) is 0 Å². The number of piperidine rings is 1. The van der Waals surface area contributed by atoms with Crippen LogP contribution in [0.1, 0.15) is 45.6 Å². The molecule has 0 bridgehead atoms. The topological polar surface area (TPSA) is 142 Å². The van der Waals surface area contributed by atoms with Crippen LogP contribution in [0.15, 0.2) is 30.6 Å². The molecule has 0 aliphatic carbocycles. The highest BCUT2D eigenvalue weighted by molar-refractivity contribution is 7.22. The average molecular weight is 540 g/mol. The van der Waals surface area contributed by atoms with Crippen molar-refractivity contribution in [2.24, 2.45) is 5.41 Å². The van der Waals surface area contributed by atoms with Crippen molar-refractivity contribution in [1.29, 1.82) is 0 Å². The quantitative estimate of drug-likeness (QED) is 0.289. The third-order valence-electron chi connectivity index (χ3n) is 6.94. The van der Waals surface area contributed by atoms with E-state index in [2.05, 4.69) is 31.1 Å². The van der Waals surface area contributed by atoms with E-state index in [0.29, 0.717) is 50.0 Å². The summed E-state index contributed by atoms with van der Waals surface area (Å²) in [6.45, 7) is 7.40. The van der Waals surface area contributed by atoms with Crippen molar-refractivity contribution in [2.75, 3.05) is 37.0 Å². The fraction of sp³-hybridized carbons (Fsp3) is 0.423. The van der Waals surface area contributed by atoms with Gasteiger partial charge in [0.2, 0.25) is 5.95 Å². The van der Waals surface area contributed by atoms with Crippen molar-refractivity contribution in [1.82, 2.24) is 25.7 Å². The first-order valence-corrected chi connectivity index (χ1v) is 13.4. The Kier molecular flexibility index (Phi) is 8.42. The van der Waals surface area contributed by atoms with Crippen molar-refractivity contribution in [3.8, 4) is 11.1 Å². The van der Waals surface area contributed by atoms with Gasteiger partial charge >= 0.3 is 12.0 Å². The van der Waals surface area contributed by atoms with E-state index in [1.54, 1.807) is 19.5 Å². The lowest BCUT2D eigenvalue weighted by Gasteiger charge is -2.38. The molecule has 1 fully saturated rings. The van der Waals surface area contributed by atoms with Gasteiger partial charge in [-0.15, -0.1) is 0 Å². The minimum atomic E-state index is -0.725. The average Bonchev–Trinajstić information content (AvgIpc) is 3.33. The van der Waals surface area contributed by atoms with Gasteiger partial charge in [0.25, 0.3) is 0 Å². The molecular formula is C26H33N7O4S. The number of benzene rings is 1. The summed E-state index contributed by atoms with van der Waals surface area (Å²) in [5.74, 6) is -0.139. The molecule has 38 heavy (non-hydrogen) atoms. The lowest BCUT2D eigenvalue weighted by molar-refractivity contribution is -0.150. The summed E-state index contributed by atoms with van der Waals surface area (Å²) in [5.41, 5.74) is 6.27. The number of rotatable bonds is 9. The molecule has 11 nitrogen and oxygen atoms in total. The number of hydrogen-bond donors (Lipinski definition) is 4. The van der Waals surface area contributed by atoms with Gasteiger partial charge in [0.1, 0.15) is 0 Å². The number of carboxylic acids is 1. The van der Waals surface area contributed by atoms with E-state index in [4.69, 9.17) is 4.84 Å². The summed E-state index contributed by atoms with van der Waals surface area (Å²) < 4.78 is 0.891. The van der Waals surface area contributed by atoms with Crippen molar-refractivity contribution < 1.29 is 19.5 Å². The van der Waals surface area contributed by atoms with Crippen LogP contribution in [-0.2, 0) is 9.63 Å². The van der Waals surface area contributed by atoms with Gasteiger partial charge in [-0.3, -0.25) is 20.4 Å². The number of thiazole rings is 1. The molecule has 2 amide bonds. The van der Waals surface area contributed by atoms with Crippen LogP contribution >= 0.6 is 11.3 Å². The molecule has 0 atom stereocenters. The summed E-state index contributed by atoms with van der Waals surface area (Å²) in [6.07, 6.45) is 7.20. The number of nitrogens with zero attached hydrogens (tertiary/aromatic N) is 4. The SMILES string of the molecule is CC=C(NOC)c1cc(-c2cnc(N3CCC(CC)(C(=O)O)CC3)nc2)cc2nc(NC(=O)NCC)sc12. The fourth-order valence-corrected chi connectivity index (χ4v) is 5.59. The van der Waals surface area contributed by atoms with E-state index in [9.17, 15) is 14.7 Å². The van der Waals surface area contributed by atoms with E-state index in [-0.39, 0.29) is 6.03 Å². The van der Waals surface area contributed by atoms with Crippen LogP contribution in [0.3, 0.4) is 0 Å². The summed E-state index contributed by atoms with van der Waals surface area (Å²) in [7, 11) is 1.55. The summed E-state index contributed by atoms with van der Waals surface area (Å²) >= 11 is 1.38. The molecular weight excluding hydrogens is 506 g/mol. The Bertz CT molecular complexity index is 1330. The Balaban J connectivity index is 1.64. The van der Waals surface area contributed by atoms with Gasteiger partial charge in [0.05, 0.1) is 28.4 Å². The minimum absolute atomic E-state index is 0.309. The second-order valence-electron chi connectivity index (χ2n) is 9.08. The molecule has 2 aromatic heterocycles. The smallest absolute Gasteiger partial charge is 0.321 e. The maximum Gasteiger partial charge on any atom is 0.321 e. The number of urea groups is 1. The van der Waals surface area contributed by atoms with Gasteiger partial charge in [-0.05, 0) is 50.8 Å². The first-order chi connectivity index (χ1) is 18.3. The number of hydrogen-bond acceptors (Lipinski definition) is 9. The maximum absolute atomic E-state index is 12.1. The second-order valence-corrected chi connectivity index (χ2v) is 10.1. The zero-order valence-corrected chi connectivity index (χ0v) is 22.8. The van der Waals surface area contributed by atoms with Crippen LogP contribution in [0.5, 0.6) is 0 Å². The number of aromatic nitrogens is 3. The predicted octanol–water partition coefficient (Wildman–Crippen LogP) is 4.49. The molecule has 1 aromatic carbocycles. The van der Waals surface area contributed by atoms with Crippen LogP contribution < -0.4 is 21.0 Å². The monoisotopic (exact) mass is 539 g/mol. The van der Waals surface area contributed by atoms with E-state index >= 15 is 0 Å². The number of aliphatic carboxylic acids is 1. The van der Waals surface area contributed by atoms with Gasteiger partial charge < -0.3 is 15.3 Å². The fourth-order valence-electron chi connectivity index (χ4n) is 4.62. The zero-order chi connectivity index (χ0) is 27.3. The first kappa shape index (κ1) is 27.3. The Labute approximate surface area is 225 Å². The third-order valence-corrected chi connectivity index (χ3v) is 7.96. The Morgan fingerprint density at radius 2 is 1.89 bits per heavy atom. The van der Waals surface area contributed by atoms with Crippen LogP contribution in [0.25, 0.3) is 27.0 Å². The molecule has 3 aromatic rings. The highest BCUT2D eigenvalue weighted by Gasteiger charge is 2.40. The number of carbonyl (C=O) groups is 2. The van der Waals surface area contributed by atoms with Gasteiger partial charge in [-0.1, -0.05) is 24.3 Å². The van der Waals surface area contributed by atoms with Crippen molar-refractivity contribution >= 4 is 50.3 Å². The van der Waals surface area contributed by atoms with Crippen molar-refractivity contribution in [3.05, 3.63) is 36.2 Å². The molecule has 4 N–H and O–H groups in total. The predicted molar refractivity (Wildman–Crippen MR) is 149 cm³/mol. The number of carboxylic acid groups (broad SMARTS) is 1. The molecule has 0 unspecified atom stereocenters. The van der Waals surface area contributed by atoms with E-state index < -0.39 is 11.4 Å². The van der Waals surface area contributed by atoms with E-state index in [1.165, 1.54) is 11.3 Å². The molecule has 0 radical (unpaired) electrons. The number of carbonyl (C=O) groups excluding carboxylic acids is 1. The number of anilines is 2. The lowest BCUT2D eigenvalue weighted by atomic mass is 9.76. The Morgan fingerprint density at radius 1 is 1.18 bits per heavy atom. The number of nitrogens with one attached hydrogen (secondary N) is 3. The molecule has 202 valence electrons. The molecule has 0 saturated carbocycles. The molecule has 1 saturated heterocycles. The highest BCUT2D eigenvalue weighted by atomic mass is 32.1. The Hall–Kier alpha value is -3.77. The van der Waals surface area contributed by atoms with Gasteiger partial charge in [0, 0.05) is 43.2 Å². The molecule has 4 rings (SSSR count). The summed E-state index contributed by atoms with van der Waals surface area (Å²) in [6, 6.07) is 3.65. The van der Waals surface area contributed by atoms with Gasteiger partial charge in [-0.25, -0.2) is 19.7 Å². The summed E-state index contributed by atoms with van der Waals surface area (Å²) in [5, 5.41) is 15.7.